The smallest absolute Gasteiger partial charge is 0.256 e. The summed E-state index contributed by atoms with van der Waals surface area (Å²) in [6, 6.07) is 0.0419. The van der Waals surface area contributed by atoms with Crippen LogP contribution in [-0.2, 0) is 14.3 Å². The van der Waals surface area contributed by atoms with Gasteiger partial charge < -0.3 is 10.1 Å². The van der Waals surface area contributed by atoms with E-state index < -0.39 is 6.10 Å². The van der Waals surface area contributed by atoms with E-state index in [0.717, 1.165) is 19.4 Å². The van der Waals surface area contributed by atoms with Crippen molar-refractivity contribution in [3.8, 4) is 0 Å². The molecule has 3 fully saturated rings. The second-order valence-electron chi connectivity index (χ2n) is 4.10. The first-order chi connectivity index (χ1) is 6.77. The maximum Gasteiger partial charge on any atom is 0.256 e. The molecule has 3 heterocycles. The Morgan fingerprint density at radius 3 is 3.00 bits per heavy atom. The summed E-state index contributed by atoms with van der Waals surface area (Å²) in [6.07, 6.45) is 1.51. The summed E-state index contributed by atoms with van der Waals surface area (Å²) in [7, 11) is 0. The summed E-state index contributed by atoms with van der Waals surface area (Å²) in [5.74, 6) is -0.745. The number of amides is 2. The average molecular weight is 196 g/mol. The fourth-order valence-electron chi connectivity index (χ4n) is 2.66. The van der Waals surface area contributed by atoms with Gasteiger partial charge in [-0.05, 0) is 19.4 Å². The minimum atomic E-state index is -0.539. The molecule has 0 aromatic heterocycles. The molecule has 2 N–H and O–H groups in total. The van der Waals surface area contributed by atoms with Gasteiger partial charge in [0.25, 0.3) is 5.91 Å². The van der Waals surface area contributed by atoms with Crippen LogP contribution >= 0.6 is 0 Å². The molecule has 0 aromatic rings. The summed E-state index contributed by atoms with van der Waals surface area (Å²) in [6.45, 7) is 0.912. The first-order valence-electron chi connectivity index (χ1n) is 5.01. The number of fused-ring (bicyclic) bond motifs is 3. The van der Waals surface area contributed by atoms with Crippen LogP contribution < -0.4 is 10.6 Å². The second kappa shape index (κ2) is 2.77. The van der Waals surface area contributed by atoms with Gasteiger partial charge in [0.05, 0.1) is 12.0 Å². The Kier molecular flexibility index (Phi) is 1.66. The Labute approximate surface area is 81.2 Å². The molecule has 3 aliphatic heterocycles. The average Bonchev–Trinajstić information content (AvgIpc) is 2.66. The summed E-state index contributed by atoms with van der Waals surface area (Å²) < 4.78 is 5.58. The zero-order valence-corrected chi connectivity index (χ0v) is 7.66. The molecule has 3 saturated heterocycles. The molecule has 5 nitrogen and oxygen atoms in total. The van der Waals surface area contributed by atoms with Crippen LogP contribution in [0, 0.1) is 5.92 Å². The second-order valence-corrected chi connectivity index (χ2v) is 4.10. The molecule has 3 aliphatic rings. The first kappa shape index (κ1) is 8.38. The summed E-state index contributed by atoms with van der Waals surface area (Å²) in [5.41, 5.74) is 0. The quantitative estimate of drug-likeness (QED) is 0.476. The Bertz CT molecular complexity index is 304. The standard InChI is InChI=1S/C9H12N2O3/c12-8-5-6-4(2-1-3-10-6)14-7(5)9(13)11-8/h4-7,10H,1-3H2,(H,11,12,13). The van der Waals surface area contributed by atoms with Crippen LogP contribution in [0.25, 0.3) is 0 Å². The summed E-state index contributed by atoms with van der Waals surface area (Å²) in [5, 5.41) is 5.57. The maximum atomic E-state index is 11.5. The molecule has 0 bridgehead atoms. The fraction of sp³-hybridized carbons (Fsp3) is 0.778. The van der Waals surface area contributed by atoms with Crippen molar-refractivity contribution in [2.45, 2.75) is 31.1 Å². The van der Waals surface area contributed by atoms with Gasteiger partial charge in [-0.1, -0.05) is 0 Å². The van der Waals surface area contributed by atoms with Crippen molar-refractivity contribution in [1.29, 1.82) is 0 Å². The van der Waals surface area contributed by atoms with Crippen LogP contribution in [0.1, 0.15) is 12.8 Å². The molecule has 4 unspecified atom stereocenters. The lowest BCUT2D eigenvalue weighted by molar-refractivity contribution is -0.131. The molecular formula is C9H12N2O3. The molecule has 0 spiro atoms. The number of ether oxygens (including phenoxy) is 1. The van der Waals surface area contributed by atoms with Gasteiger partial charge in [0.1, 0.15) is 6.10 Å². The van der Waals surface area contributed by atoms with Gasteiger partial charge in [-0.15, -0.1) is 0 Å². The predicted molar refractivity (Wildman–Crippen MR) is 46.3 cm³/mol. The topological polar surface area (TPSA) is 67.4 Å². The van der Waals surface area contributed by atoms with Crippen LogP contribution in [0.2, 0.25) is 0 Å². The number of carbonyl (C=O) groups excluding carboxylic acids is 2. The van der Waals surface area contributed by atoms with E-state index in [9.17, 15) is 9.59 Å². The van der Waals surface area contributed by atoms with Crippen LogP contribution in [0.4, 0.5) is 0 Å². The number of piperidine rings is 1. The molecule has 3 rings (SSSR count). The van der Waals surface area contributed by atoms with E-state index >= 15 is 0 Å². The Morgan fingerprint density at radius 2 is 2.14 bits per heavy atom. The van der Waals surface area contributed by atoms with Crippen molar-refractivity contribution in [3.63, 3.8) is 0 Å². The minimum Gasteiger partial charge on any atom is -0.363 e. The van der Waals surface area contributed by atoms with Gasteiger partial charge in [-0.25, -0.2) is 0 Å². The van der Waals surface area contributed by atoms with Gasteiger partial charge in [-0.3, -0.25) is 14.9 Å². The number of hydrogen-bond donors (Lipinski definition) is 2. The molecule has 0 radical (unpaired) electrons. The van der Waals surface area contributed by atoms with E-state index in [1.807, 2.05) is 0 Å². The third-order valence-corrected chi connectivity index (χ3v) is 3.29. The molecule has 0 aromatic carbocycles. The van der Waals surface area contributed by atoms with Gasteiger partial charge in [-0.2, -0.15) is 0 Å². The highest BCUT2D eigenvalue weighted by Gasteiger charge is 2.56. The third-order valence-electron chi connectivity index (χ3n) is 3.29. The van der Waals surface area contributed by atoms with Crippen LogP contribution in [0.15, 0.2) is 0 Å². The molecule has 4 atom stereocenters. The number of rotatable bonds is 0. The first-order valence-corrected chi connectivity index (χ1v) is 5.01. The van der Waals surface area contributed by atoms with E-state index in [2.05, 4.69) is 10.6 Å². The highest BCUT2D eigenvalue weighted by molar-refractivity contribution is 6.07. The van der Waals surface area contributed by atoms with Crippen molar-refractivity contribution < 1.29 is 14.3 Å². The molecule has 76 valence electrons. The van der Waals surface area contributed by atoms with Crippen LogP contribution in [-0.4, -0.2) is 36.6 Å². The van der Waals surface area contributed by atoms with Crippen molar-refractivity contribution in [2.75, 3.05) is 6.54 Å². The van der Waals surface area contributed by atoms with E-state index in [4.69, 9.17) is 4.74 Å². The molecule has 0 aliphatic carbocycles. The monoisotopic (exact) mass is 196 g/mol. The van der Waals surface area contributed by atoms with E-state index in [-0.39, 0.29) is 29.9 Å². The SMILES string of the molecule is O=C1NC(=O)C2C1OC1CCCNC12. The van der Waals surface area contributed by atoms with Crippen molar-refractivity contribution >= 4 is 11.8 Å². The number of hydrogen-bond acceptors (Lipinski definition) is 4. The summed E-state index contributed by atoms with van der Waals surface area (Å²) >= 11 is 0. The molecule has 5 heteroatoms. The van der Waals surface area contributed by atoms with Crippen LogP contribution in [0.3, 0.4) is 0 Å². The zero-order valence-electron chi connectivity index (χ0n) is 7.66. The molecule has 2 amide bonds. The van der Waals surface area contributed by atoms with Crippen molar-refractivity contribution in [3.05, 3.63) is 0 Å². The highest BCUT2D eigenvalue weighted by Crippen LogP contribution is 2.34. The Morgan fingerprint density at radius 1 is 1.29 bits per heavy atom. The van der Waals surface area contributed by atoms with Gasteiger partial charge in [0.15, 0.2) is 0 Å². The fourth-order valence-corrected chi connectivity index (χ4v) is 2.66. The van der Waals surface area contributed by atoms with Gasteiger partial charge in [0.2, 0.25) is 5.91 Å². The maximum absolute atomic E-state index is 11.5. The van der Waals surface area contributed by atoms with Gasteiger partial charge >= 0.3 is 0 Å². The summed E-state index contributed by atoms with van der Waals surface area (Å²) in [4.78, 5) is 22.8. The molecule has 14 heavy (non-hydrogen) atoms. The van der Waals surface area contributed by atoms with Crippen molar-refractivity contribution in [1.82, 2.24) is 10.6 Å². The third kappa shape index (κ3) is 0.965. The van der Waals surface area contributed by atoms with E-state index in [0.29, 0.717) is 0 Å². The molecular weight excluding hydrogens is 184 g/mol. The Balaban J connectivity index is 1.90. The normalized spacial score (nSPS) is 46.0. The van der Waals surface area contributed by atoms with Crippen molar-refractivity contribution in [2.24, 2.45) is 5.92 Å². The largest absolute Gasteiger partial charge is 0.363 e. The predicted octanol–water partition coefficient (Wildman–Crippen LogP) is -1.22. The molecule has 0 saturated carbocycles. The lowest BCUT2D eigenvalue weighted by Crippen LogP contribution is -2.48. The zero-order chi connectivity index (χ0) is 9.71. The lowest BCUT2D eigenvalue weighted by Gasteiger charge is -2.27. The minimum absolute atomic E-state index is 0.0419. The Hall–Kier alpha value is -0.940. The van der Waals surface area contributed by atoms with Crippen LogP contribution in [0.5, 0.6) is 0 Å². The lowest BCUT2D eigenvalue weighted by atomic mass is 9.91. The number of carbonyl (C=O) groups is 2. The number of imide groups is 1. The van der Waals surface area contributed by atoms with Gasteiger partial charge in [0, 0.05) is 6.04 Å². The van der Waals surface area contributed by atoms with E-state index in [1.165, 1.54) is 0 Å². The number of nitrogens with one attached hydrogen (secondary N) is 2. The van der Waals surface area contributed by atoms with E-state index in [1.54, 1.807) is 0 Å². The highest BCUT2D eigenvalue weighted by atomic mass is 16.5.